The number of hydrogen-bond acceptors (Lipinski definition) is 5. The highest BCUT2D eigenvalue weighted by Crippen LogP contribution is 2.22. The summed E-state index contributed by atoms with van der Waals surface area (Å²) >= 11 is 0. The van der Waals surface area contributed by atoms with E-state index in [0.717, 1.165) is 18.7 Å². The molecule has 1 aliphatic rings. The van der Waals surface area contributed by atoms with Gasteiger partial charge in [0.1, 0.15) is 6.10 Å². The highest BCUT2D eigenvalue weighted by molar-refractivity contribution is 5.87. The number of carbonyl (C=O) groups excluding carboxylic acids is 1. The summed E-state index contributed by atoms with van der Waals surface area (Å²) in [5, 5.41) is 16.9. The SMILES string of the molecule is COCc1[c]cn(C2CCNC(C(=O)[C@H](C)O)C2)n1. The highest BCUT2D eigenvalue weighted by atomic mass is 16.5. The van der Waals surface area contributed by atoms with E-state index in [2.05, 4.69) is 16.5 Å². The van der Waals surface area contributed by atoms with E-state index in [1.165, 1.54) is 6.92 Å². The normalized spacial score (nSPS) is 25.2. The van der Waals surface area contributed by atoms with E-state index in [1.54, 1.807) is 13.3 Å². The van der Waals surface area contributed by atoms with Gasteiger partial charge in [0.25, 0.3) is 0 Å². The van der Waals surface area contributed by atoms with Crippen LogP contribution in [0.1, 0.15) is 31.5 Å². The van der Waals surface area contributed by atoms with Gasteiger partial charge in [0.2, 0.25) is 0 Å². The Labute approximate surface area is 112 Å². The summed E-state index contributed by atoms with van der Waals surface area (Å²) in [4.78, 5) is 11.8. The van der Waals surface area contributed by atoms with Crippen molar-refractivity contribution in [2.75, 3.05) is 13.7 Å². The number of nitrogens with zero attached hydrogens (tertiary/aromatic N) is 2. The van der Waals surface area contributed by atoms with Gasteiger partial charge in [-0.3, -0.25) is 9.48 Å². The lowest BCUT2D eigenvalue weighted by Gasteiger charge is -2.30. The maximum Gasteiger partial charge on any atom is 0.177 e. The number of ketones is 1. The van der Waals surface area contributed by atoms with Crippen LogP contribution in [-0.2, 0) is 16.1 Å². The summed E-state index contributed by atoms with van der Waals surface area (Å²) in [7, 11) is 1.62. The number of nitrogens with one attached hydrogen (secondary N) is 1. The van der Waals surface area contributed by atoms with Crippen LogP contribution in [0, 0.1) is 6.07 Å². The predicted molar refractivity (Wildman–Crippen MR) is 68.5 cm³/mol. The van der Waals surface area contributed by atoms with Crippen LogP contribution in [0.15, 0.2) is 6.20 Å². The first-order chi connectivity index (χ1) is 9.11. The Morgan fingerprint density at radius 1 is 1.79 bits per heavy atom. The number of aromatic nitrogens is 2. The zero-order valence-corrected chi connectivity index (χ0v) is 11.3. The van der Waals surface area contributed by atoms with Crippen LogP contribution in [0.2, 0.25) is 0 Å². The maximum atomic E-state index is 11.8. The molecule has 2 N–H and O–H groups in total. The third kappa shape index (κ3) is 3.40. The zero-order valence-electron chi connectivity index (χ0n) is 11.3. The van der Waals surface area contributed by atoms with Crippen LogP contribution in [0.3, 0.4) is 0 Å². The molecule has 105 valence electrons. The van der Waals surface area contributed by atoms with Gasteiger partial charge >= 0.3 is 0 Å². The van der Waals surface area contributed by atoms with E-state index >= 15 is 0 Å². The lowest BCUT2D eigenvalue weighted by atomic mass is 9.94. The Kier molecular flexibility index (Phi) is 4.68. The third-order valence-corrected chi connectivity index (χ3v) is 3.39. The van der Waals surface area contributed by atoms with Crippen LogP contribution < -0.4 is 5.32 Å². The minimum absolute atomic E-state index is 0.155. The molecule has 0 saturated carbocycles. The molecule has 0 aromatic carbocycles. The second-order valence-corrected chi connectivity index (χ2v) is 4.90. The number of aliphatic hydroxyl groups is 1. The summed E-state index contributed by atoms with van der Waals surface area (Å²) in [6.07, 6.45) is 2.43. The summed E-state index contributed by atoms with van der Waals surface area (Å²) in [5.74, 6) is -0.155. The molecule has 0 bridgehead atoms. The minimum Gasteiger partial charge on any atom is -0.386 e. The van der Waals surface area contributed by atoms with Gasteiger partial charge in [0, 0.05) is 19.4 Å². The number of carbonyl (C=O) groups is 1. The van der Waals surface area contributed by atoms with Gasteiger partial charge in [-0.05, 0) is 26.3 Å². The molecule has 2 rings (SSSR count). The number of Topliss-reactive ketones (excluding diaryl/α,β-unsaturated/α-hetero) is 1. The first-order valence-electron chi connectivity index (χ1n) is 6.51. The second kappa shape index (κ2) is 6.27. The molecule has 1 aliphatic heterocycles. The van der Waals surface area contributed by atoms with Crippen LogP contribution in [0.25, 0.3) is 0 Å². The van der Waals surface area contributed by atoms with Crippen molar-refractivity contribution in [3.05, 3.63) is 18.0 Å². The second-order valence-electron chi connectivity index (χ2n) is 4.90. The van der Waals surface area contributed by atoms with Crippen molar-refractivity contribution in [2.45, 2.75) is 44.6 Å². The van der Waals surface area contributed by atoms with Gasteiger partial charge in [-0.25, -0.2) is 0 Å². The average Bonchev–Trinajstić information content (AvgIpc) is 2.87. The van der Waals surface area contributed by atoms with Crippen LogP contribution in [0.5, 0.6) is 0 Å². The molecule has 6 nitrogen and oxygen atoms in total. The van der Waals surface area contributed by atoms with Crippen molar-refractivity contribution in [3.8, 4) is 0 Å². The highest BCUT2D eigenvalue weighted by Gasteiger charge is 2.30. The van der Waals surface area contributed by atoms with Gasteiger partial charge in [-0.15, -0.1) is 0 Å². The molecule has 3 atom stereocenters. The number of rotatable bonds is 5. The van der Waals surface area contributed by atoms with E-state index in [4.69, 9.17) is 4.74 Å². The Hall–Kier alpha value is -1.24. The summed E-state index contributed by atoms with van der Waals surface area (Å²) in [6, 6.07) is 2.91. The first kappa shape index (κ1) is 14.2. The Bertz CT molecular complexity index is 431. The van der Waals surface area contributed by atoms with Gasteiger partial charge in [-0.2, -0.15) is 5.10 Å². The van der Waals surface area contributed by atoms with Crippen LogP contribution >= 0.6 is 0 Å². The Morgan fingerprint density at radius 2 is 2.58 bits per heavy atom. The van der Waals surface area contributed by atoms with Gasteiger partial charge in [-0.1, -0.05) is 0 Å². The minimum atomic E-state index is -0.926. The number of ether oxygens (including phenoxy) is 1. The smallest absolute Gasteiger partial charge is 0.177 e. The van der Waals surface area contributed by atoms with Crippen molar-refractivity contribution >= 4 is 5.78 Å². The van der Waals surface area contributed by atoms with Gasteiger partial charge < -0.3 is 15.2 Å². The quantitative estimate of drug-likeness (QED) is 0.789. The number of aliphatic hydroxyl groups excluding tert-OH is 1. The largest absolute Gasteiger partial charge is 0.386 e. The van der Waals surface area contributed by atoms with Crippen molar-refractivity contribution in [1.29, 1.82) is 0 Å². The summed E-state index contributed by atoms with van der Waals surface area (Å²) in [6.45, 7) is 2.69. The standard InChI is InChI=1S/C13H20N3O3/c1-9(17)13(18)12-7-11(3-5-14-12)16-6-4-10(15-16)8-19-2/h6,9,11-12,14,17H,3,5,7-8H2,1-2H3/t9-,11?,12?/m0/s1. The topological polar surface area (TPSA) is 76.4 Å². The molecule has 1 aromatic heterocycles. The monoisotopic (exact) mass is 266 g/mol. The lowest BCUT2D eigenvalue weighted by Crippen LogP contribution is -2.47. The van der Waals surface area contributed by atoms with E-state index < -0.39 is 6.10 Å². The number of hydrogen-bond donors (Lipinski definition) is 2. The molecule has 19 heavy (non-hydrogen) atoms. The molecule has 1 saturated heterocycles. The summed E-state index contributed by atoms with van der Waals surface area (Å²) in [5.41, 5.74) is 0.763. The molecule has 2 unspecified atom stereocenters. The van der Waals surface area contributed by atoms with E-state index in [-0.39, 0.29) is 17.9 Å². The molecule has 6 heteroatoms. The van der Waals surface area contributed by atoms with Crippen molar-refractivity contribution in [3.63, 3.8) is 0 Å². The van der Waals surface area contributed by atoms with Crippen LogP contribution in [-0.4, -0.2) is 46.5 Å². The van der Waals surface area contributed by atoms with Crippen molar-refractivity contribution < 1.29 is 14.6 Å². The lowest BCUT2D eigenvalue weighted by molar-refractivity contribution is -0.129. The van der Waals surface area contributed by atoms with Gasteiger partial charge in [0.05, 0.1) is 24.4 Å². The van der Waals surface area contributed by atoms with E-state index in [1.807, 2.05) is 4.68 Å². The Morgan fingerprint density at radius 3 is 3.26 bits per heavy atom. The molecule has 0 spiro atoms. The van der Waals surface area contributed by atoms with Gasteiger partial charge in [0.15, 0.2) is 5.78 Å². The molecule has 0 aliphatic carbocycles. The Balaban J connectivity index is 2.01. The fourth-order valence-electron chi connectivity index (χ4n) is 2.38. The molecule has 0 amide bonds. The van der Waals surface area contributed by atoms with Crippen molar-refractivity contribution in [1.82, 2.24) is 15.1 Å². The molecular formula is C13H20N3O3. The number of methoxy groups -OCH3 is 1. The fraction of sp³-hybridized carbons (Fsp3) is 0.692. The fourth-order valence-corrected chi connectivity index (χ4v) is 2.38. The molecule has 2 heterocycles. The van der Waals surface area contributed by atoms with Crippen molar-refractivity contribution in [2.24, 2.45) is 0 Å². The number of piperidine rings is 1. The third-order valence-electron chi connectivity index (χ3n) is 3.39. The molecule has 1 aromatic rings. The van der Waals surface area contributed by atoms with E-state index in [9.17, 15) is 9.90 Å². The molecular weight excluding hydrogens is 246 g/mol. The zero-order chi connectivity index (χ0) is 13.8. The van der Waals surface area contributed by atoms with E-state index in [0.29, 0.717) is 13.0 Å². The average molecular weight is 266 g/mol. The maximum absolute atomic E-state index is 11.8. The molecule has 1 fully saturated rings. The molecule has 1 radical (unpaired) electrons. The first-order valence-corrected chi connectivity index (χ1v) is 6.51. The summed E-state index contributed by atoms with van der Waals surface area (Å²) < 4.78 is 6.86. The van der Waals surface area contributed by atoms with Crippen LogP contribution in [0.4, 0.5) is 0 Å². The predicted octanol–water partition coefficient (Wildman–Crippen LogP) is 0.0727.